The van der Waals surface area contributed by atoms with Crippen LogP contribution in [0.25, 0.3) is 11.0 Å². The molecule has 0 unspecified atom stereocenters. The van der Waals surface area contributed by atoms with Gasteiger partial charge in [0, 0.05) is 0 Å². The lowest BCUT2D eigenvalue weighted by atomic mass is 10.3. The molecule has 13 heavy (non-hydrogen) atoms. The van der Waals surface area contributed by atoms with Gasteiger partial charge in [0.2, 0.25) is 0 Å². The van der Waals surface area contributed by atoms with Gasteiger partial charge in [-0.2, -0.15) is 0 Å². The Hall–Kier alpha value is -1.64. The second-order valence-corrected chi connectivity index (χ2v) is 3.07. The number of imidazole rings is 1. The van der Waals surface area contributed by atoms with Crippen LogP contribution in [0.15, 0.2) is 24.3 Å². The Morgan fingerprint density at radius 2 is 2.08 bits per heavy atom. The maximum absolute atomic E-state index is 7.60. The molecule has 0 atom stereocenters. The summed E-state index contributed by atoms with van der Waals surface area (Å²) in [4.78, 5) is 4.36. The molecule has 0 bridgehead atoms. The van der Waals surface area contributed by atoms with Crippen LogP contribution in [0.5, 0.6) is 0 Å². The maximum Gasteiger partial charge on any atom is 0.112 e. The Bertz CT molecular complexity index is 468. The lowest BCUT2D eigenvalue weighted by molar-refractivity contribution is 1.03. The van der Waals surface area contributed by atoms with Crippen molar-refractivity contribution in [1.82, 2.24) is 9.55 Å². The van der Waals surface area contributed by atoms with Crippen molar-refractivity contribution in [3.05, 3.63) is 30.1 Å². The summed E-state index contributed by atoms with van der Waals surface area (Å²) >= 11 is 0. The molecular formula is C10H11N3. The van der Waals surface area contributed by atoms with Crippen molar-refractivity contribution in [1.29, 1.82) is 5.41 Å². The van der Waals surface area contributed by atoms with Crippen LogP contribution in [0.1, 0.15) is 12.7 Å². The Labute approximate surface area is 76.5 Å². The van der Waals surface area contributed by atoms with Crippen LogP contribution >= 0.6 is 0 Å². The van der Waals surface area contributed by atoms with E-state index < -0.39 is 0 Å². The molecule has 0 fully saturated rings. The molecule has 0 spiro atoms. The highest BCUT2D eigenvalue weighted by atomic mass is 15.1. The average molecular weight is 173 g/mol. The Balaban J connectivity index is 2.86. The number of nitrogens with zero attached hydrogens (tertiary/aromatic N) is 2. The molecule has 0 saturated carbocycles. The highest BCUT2D eigenvalue weighted by Gasteiger charge is 2.06. The number of hydrogen-bond donors (Lipinski definition) is 1. The minimum atomic E-state index is 0.506. The summed E-state index contributed by atoms with van der Waals surface area (Å²) in [7, 11) is 0. The zero-order valence-electron chi connectivity index (χ0n) is 7.70. The molecule has 0 aliphatic carbocycles. The average Bonchev–Trinajstić information content (AvgIpc) is 2.39. The predicted octanol–water partition coefficient (Wildman–Crippen LogP) is 2.19. The SMILES string of the molecule is CC(=N)n1c(C)nc2ccccc21. The molecule has 0 amide bonds. The first-order chi connectivity index (χ1) is 6.20. The summed E-state index contributed by atoms with van der Waals surface area (Å²) in [6.45, 7) is 3.68. The fourth-order valence-electron chi connectivity index (χ4n) is 1.57. The number of aryl methyl sites for hydroxylation is 1. The van der Waals surface area contributed by atoms with E-state index in [4.69, 9.17) is 5.41 Å². The molecule has 1 N–H and O–H groups in total. The molecule has 66 valence electrons. The van der Waals surface area contributed by atoms with Gasteiger partial charge in [-0.1, -0.05) is 12.1 Å². The molecule has 0 saturated heterocycles. The first-order valence-corrected chi connectivity index (χ1v) is 4.20. The van der Waals surface area contributed by atoms with Gasteiger partial charge in [0.05, 0.1) is 11.0 Å². The number of fused-ring (bicyclic) bond motifs is 1. The van der Waals surface area contributed by atoms with Crippen LogP contribution in [0, 0.1) is 12.3 Å². The Kier molecular flexibility index (Phi) is 1.65. The lowest BCUT2D eigenvalue weighted by Crippen LogP contribution is -2.06. The number of nitrogens with one attached hydrogen (secondary N) is 1. The van der Waals surface area contributed by atoms with Gasteiger partial charge in [0.15, 0.2) is 0 Å². The van der Waals surface area contributed by atoms with Crippen LogP contribution in [0.3, 0.4) is 0 Å². The fraction of sp³-hybridized carbons (Fsp3) is 0.200. The van der Waals surface area contributed by atoms with Crippen molar-refractivity contribution >= 4 is 16.9 Å². The predicted molar refractivity (Wildman–Crippen MR) is 53.3 cm³/mol. The van der Waals surface area contributed by atoms with Gasteiger partial charge in [0.1, 0.15) is 11.7 Å². The van der Waals surface area contributed by atoms with E-state index in [9.17, 15) is 0 Å². The first kappa shape index (κ1) is 7.98. The van der Waals surface area contributed by atoms with Crippen LogP contribution in [0.4, 0.5) is 0 Å². The van der Waals surface area contributed by atoms with Crippen molar-refractivity contribution in [2.24, 2.45) is 0 Å². The number of para-hydroxylation sites is 2. The van der Waals surface area contributed by atoms with Crippen molar-refractivity contribution in [2.45, 2.75) is 13.8 Å². The molecule has 0 radical (unpaired) electrons. The van der Waals surface area contributed by atoms with Crippen molar-refractivity contribution in [3.8, 4) is 0 Å². The van der Waals surface area contributed by atoms with Gasteiger partial charge in [-0.15, -0.1) is 0 Å². The first-order valence-electron chi connectivity index (χ1n) is 4.20. The summed E-state index contributed by atoms with van der Waals surface area (Å²) in [5.41, 5.74) is 1.96. The summed E-state index contributed by atoms with van der Waals surface area (Å²) < 4.78 is 1.84. The largest absolute Gasteiger partial charge is 0.288 e. The minimum absolute atomic E-state index is 0.506. The smallest absolute Gasteiger partial charge is 0.112 e. The molecule has 3 nitrogen and oxygen atoms in total. The van der Waals surface area contributed by atoms with Gasteiger partial charge in [-0.3, -0.25) is 9.98 Å². The highest BCUT2D eigenvalue weighted by Crippen LogP contribution is 2.14. The number of hydrogen-bond acceptors (Lipinski definition) is 2. The molecule has 3 heteroatoms. The van der Waals surface area contributed by atoms with Crippen LogP contribution in [-0.2, 0) is 0 Å². The molecule has 0 aliphatic heterocycles. The summed E-state index contributed by atoms with van der Waals surface area (Å²) in [5, 5.41) is 7.60. The molecule has 2 rings (SSSR count). The topological polar surface area (TPSA) is 41.7 Å². The second kappa shape index (κ2) is 2.69. The molecular weight excluding hydrogens is 162 g/mol. The zero-order valence-corrected chi connectivity index (χ0v) is 7.70. The lowest BCUT2D eigenvalue weighted by Gasteiger charge is -2.01. The van der Waals surface area contributed by atoms with E-state index >= 15 is 0 Å². The normalized spacial score (nSPS) is 10.6. The van der Waals surface area contributed by atoms with Gasteiger partial charge >= 0.3 is 0 Å². The van der Waals surface area contributed by atoms with E-state index in [0.717, 1.165) is 16.9 Å². The third-order valence-electron chi connectivity index (χ3n) is 2.06. The zero-order chi connectivity index (χ0) is 9.42. The number of benzene rings is 1. The molecule has 0 aliphatic rings. The second-order valence-electron chi connectivity index (χ2n) is 3.07. The van der Waals surface area contributed by atoms with Gasteiger partial charge in [-0.05, 0) is 26.0 Å². The van der Waals surface area contributed by atoms with Crippen molar-refractivity contribution < 1.29 is 0 Å². The van der Waals surface area contributed by atoms with Gasteiger partial charge in [0.25, 0.3) is 0 Å². The number of rotatable bonds is 0. The van der Waals surface area contributed by atoms with Gasteiger partial charge in [-0.25, -0.2) is 4.98 Å². The quantitative estimate of drug-likeness (QED) is 0.481. The van der Waals surface area contributed by atoms with E-state index in [2.05, 4.69) is 4.98 Å². The van der Waals surface area contributed by atoms with E-state index in [0.29, 0.717) is 5.84 Å². The van der Waals surface area contributed by atoms with Crippen LogP contribution in [-0.4, -0.2) is 15.4 Å². The standard InChI is InChI=1S/C10H11N3/c1-7(11)13-8(2)12-9-5-3-4-6-10(9)13/h3-6,11H,1-2H3. The van der Waals surface area contributed by atoms with Crippen LogP contribution < -0.4 is 0 Å². The van der Waals surface area contributed by atoms with Crippen LogP contribution in [0.2, 0.25) is 0 Å². The molecule has 1 aromatic carbocycles. The highest BCUT2D eigenvalue weighted by molar-refractivity contribution is 5.91. The van der Waals surface area contributed by atoms with Crippen molar-refractivity contribution in [2.75, 3.05) is 0 Å². The third kappa shape index (κ3) is 1.13. The van der Waals surface area contributed by atoms with E-state index in [1.165, 1.54) is 0 Å². The minimum Gasteiger partial charge on any atom is -0.288 e. The summed E-state index contributed by atoms with van der Waals surface area (Å²) in [6.07, 6.45) is 0. The Morgan fingerprint density at radius 1 is 1.38 bits per heavy atom. The summed E-state index contributed by atoms with van der Waals surface area (Å²) in [6, 6.07) is 7.86. The van der Waals surface area contributed by atoms with Crippen molar-refractivity contribution in [3.63, 3.8) is 0 Å². The Morgan fingerprint density at radius 3 is 2.77 bits per heavy atom. The molecule has 1 aromatic heterocycles. The molecule has 1 heterocycles. The van der Waals surface area contributed by atoms with Gasteiger partial charge < -0.3 is 0 Å². The third-order valence-corrected chi connectivity index (χ3v) is 2.06. The fourth-order valence-corrected chi connectivity index (χ4v) is 1.57. The van der Waals surface area contributed by atoms with E-state index in [-0.39, 0.29) is 0 Å². The van der Waals surface area contributed by atoms with E-state index in [1.54, 1.807) is 6.92 Å². The summed E-state index contributed by atoms with van der Waals surface area (Å²) in [5.74, 6) is 1.37. The molecule has 2 aromatic rings. The monoisotopic (exact) mass is 173 g/mol. The van der Waals surface area contributed by atoms with E-state index in [1.807, 2.05) is 35.8 Å². The number of aromatic nitrogens is 2. The maximum atomic E-state index is 7.60.